The molecule has 1 aromatic heterocycles. The van der Waals surface area contributed by atoms with Crippen molar-refractivity contribution < 1.29 is 28.3 Å². The van der Waals surface area contributed by atoms with Gasteiger partial charge in [0.25, 0.3) is 0 Å². The number of fused-ring (bicyclic) bond motifs is 2. The molecule has 2 amide bonds. The molecular weight excluding hydrogens is 446 g/mol. The lowest BCUT2D eigenvalue weighted by Crippen LogP contribution is -2.46. The highest BCUT2D eigenvalue weighted by Crippen LogP contribution is 2.39. The van der Waals surface area contributed by atoms with E-state index >= 15 is 0 Å². The number of carbonyl (C=O) groups excluding carboxylic acids is 3. The van der Waals surface area contributed by atoms with Crippen LogP contribution in [0.1, 0.15) is 37.7 Å². The average Bonchev–Trinajstić information content (AvgIpc) is 3.07. The fourth-order valence-electron chi connectivity index (χ4n) is 4.78. The van der Waals surface area contributed by atoms with Gasteiger partial charge in [0.1, 0.15) is 24.0 Å². The van der Waals surface area contributed by atoms with Gasteiger partial charge in [-0.1, -0.05) is 12.8 Å². The van der Waals surface area contributed by atoms with Crippen LogP contribution in [0.5, 0.6) is 5.75 Å². The molecule has 2 heterocycles. The maximum atomic E-state index is 13.1. The third kappa shape index (κ3) is 4.64. The smallest absolute Gasteiger partial charge is 0.336 e. The molecule has 8 nitrogen and oxygen atoms in total. The molecule has 0 bridgehead atoms. The van der Waals surface area contributed by atoms with E-state index in [2.05, 4.69) is 0 Å². The fraction of sp³-hybridized carbons (Fsp3) is 0.500. The van der Waals surface area contributed by atoms with Gasteiger partial charge in [0.15, 0.2) is 0 Å². The first-order valence-electron chi connectivity index (χ1n) is 11.1. The predicted octanol–water partition coefficient (Wildman–Crippen LogP) is 3.14. The van der Waals surface area contributed by atoms with Crippen LogP contribution in [0.2, 0.25) is 0 Å². The van der Waals surface area contributed by atoms with Crippen molar-refractivity contribution in [3.63, 3.8) is 0 Å². The van der Waals surface area contributed by atoms with Crippen molar-refractivity contribution in [2.45, 2.75) is 44.8 Å². The minimum absolute atomic E-state index is 0.174. The molecular formula is C24H27NO7S. The molecule has 1 aliphatic carbocycles. The molecule has 1 saturated carbocycles. The molecule has 2 fully saturated rings. The molecule has 9 heteroatoms. The van der Waals surface area contributed by atoms with E-state index in [4.69, 9.17) is 13.9 Å². The maximum absolute atomic E-state index is 13.1. The van der Waals surface area contributed by atoms with Crippen LogP contribution in [0.15, 0.2) is 33.5 Å². The van der Waals surface area contributed by atoms with Gasteiger partial charge in [-0.3, -0.25) is 14.5 Å². The van der Waals surface area contributed by atoms with Crippen molar-refractivity contribution >= 4 is 40.5 Å². The van der Waals surface area contributed by atoms with Crippen LogP contribution in [-0.4, -0.2) is 47.8 Å². The van der Waals surface area contributed by atoms with Gasteiger partial charge in [-0.05, 0) is 43.4 Å². The van der Waals surface area contributed by atoms with Crippen molar-refractivity contribution in [2.24, 2.45) is 11.8 Å². The zero-order chi connectivity index (χ0) is 23.5. The number of thioether (sulfide) groups is 1. The van der Waals surface area contributed by atoms with Crippen LogP contribution in [0.4, 0.5) is 0 Å². The van der Waals surface area contributed by atoms with E-state index < -0.39 is 17.6 Å². The second-order valence-corrected chi connectivity index (χ2v) is 9.39. The highest BCUT2D eigenvalue weighted by atomic mass is 32.2. The summed E-state index contributed by atoms with van der Waals surface area (Å²) < 4.78 is 16.0. The predicted molar refractivity (Wildman–Crippen MR) is 123 cm³/mol. The number of rotatable bonds is 8. The summed E-state index contributed by atoms with van der Waals surface area (Å²) in [6.45, 7) is -0.174. The van der Waals surface area contributed by atoms with Crippen molar-refractivity contribution in [3.05, 3.63) is 40.2 Å². The van der Waals surface area contributed by atoms with Gasteiger partial charge in [0, 0.05) is 23.1 Å². The Kier molecular flexibility index (Phi) is 7.07. The van der Waals surface area contributed by atoms with Crippen LogP contribution < -0.4 is 10.4 Å². The summed E-state index contributed by atoms with van der Waals surface area (Å²) in [6, 6.07) is 5.35. The topological polar surface area (TPSA) is 103 Å². The second-order valence-electron chi connectivity index (χ2n) is 8.40. The Morgan fingerprint density at radius 1 is 1.15 bits per heavy atom. The van der Waals surface area contributed by atoms with Crippen molar-refractivity contribution in [1.82, 2.24) is 4.90 Å². The van der Waals surface area contributed by atoms with E-state index in [1.165, 1.54) is 24.9 Å². The van der Waals surface area contributed by atoms with E-state index in [0.717, 1.165) is 17.7 Å². The summed E-state index contributed by atoms with van der Waals surface area (Å²) in [5, 5.41) is 0.614. The molecule has 1 saturated heterocycles. The highest BCUT2D eigenvalue weighted by Gasteiger charge is 2.52. The minimum Gasteiger partial charge on any atom is -0.497 e. The summed E-state index contributed by atoms with van der Waals surface area (Å²) in [7, 11) is 1.51. The zero-order valence-electron chi connectivity index (χ0n) is 18.7. The molecule has 0 unspecified atom stereocenters. The Labute approximate surface area is 195 Å². The van der Waals surface area contributed by atoms with Gasteiger partial charge in [0.05, 0.1) is 18.9 Å². The molecule has 4 rings (SSSR count). The fourth-order valence-corrected chi connectivity index (χ4v) is 5.24. The number of nitrogens with zero attached hydrogens (tertiary/aromatic N) is 1. The molecule has 0 radical (unpaired) electrons. The number of hydrogen-bond donors (Lipinski definition) is 0. The van der Waals surface area contributed by atoms with Crippen molar-refractivity contribution in [3.8, 4) is 5.75 Å². The number of imide groups is 1. The van der Waals surface area contributed by atoms with Crippen LogP contribution >= 0.6 is 11.8 Å². The van der Waals surface area contributed by atoms with E-state index in [1.807, 2.05) is 6.26 Å². The Bertz CT molecular complexity index is 1100. The van der Waals surface area contributed by atoms with Crippen LogP contribution in [0.3, 0.4) is 0 Å². The lowest BCUT2D eigenvalue weighted by molar-refractivity contribution is -0.159. The van der Waals surface area contributed by atoms with Crippen LogP contribution in [0.25, 0.3) is 11.0 Å². The Morgan fingerprint density at radius 2 is 1.85 bits per heavy atom. The van der Waals surface area contributed by atoms with E-state index in [-0.39, 0.29) is 30.3 Å². The van der Waals surface area contributed by atoms with Crippen molar-refractivity contribution in [1.29, 1.82) is 0 Å². The zero-order valence-corrected chi connectivity index (χ0v) is 19.5. The number of esters is 1. The average molecular weight is 474 g/mol. The summed E-state index contributed by atoms with van der Waals surface area (Å²) in [6.07, 6.45) is 5.44. The summed E-state index contributed by atoms with van der Waals surface area (Å²) in [5.74, 6) is -0.675. The number of methoxy groups -OCH3 is 1. The Balaban J connectivity index is 1.56. The number of ether oxygens (including phenoxy) is 2. The SMILES string of the molecule is COc1ccc2c(COC(=O)[C@H](CCSC)N3C(=O)[C@@H]4CCCC[C@H]4C3=O)cc(=O)oc2c1. The molecule has 2 aromatic rings. The monoisotopic (exact) mass is 473 g/mol. The first-order valence-corrected chi connectivity index (χ1v) is 12.5. The van der Waals surface area contributed by atoms with E-state index in [0.29, 0.717) is 47.3 Å². The Morgan fingerprint density at radius 3 is 2.48 bits per heavy atom. The first-order chi connectivity index (χ1) is 15.9. The number of likely N-dealkylation sites (tertiary alicyclic amines) is 1. The van der Waals surface area contributed by atoms with E-state index in [9.17, 15) is 19.2 Å². The van der Waals surface area contributed by atoms with Gasteiger partial charge in [0.2, 0.25) is 11.8 Å². The van der Waals surface area contributed by atoms with Gasteiger partial charge in [-0.2, -0.15) is 11.8 Å². The molecule has 0 N–H and O–H groups in total. The Hall–Kier alpha value is -2.81. The largest absolute Gasteiger partial charge is 0.497 e. The molecule has 0 spiro atoms. The van der Waals surface area contributed by atoms with E-state index in [1.54, 1.807) is 18.2 Å². The van der Waals surface area contributed by atoms with Gasteiger partial charge in [-0.15, -0.1) is 0 Å². The van der Waals surface area contributed by atoms with Crippen LogP contribution in [0, 0.1) is 11.8 Å². The first kappa shape index (κ1) is 23.4. The molecule has 176 valence electrons. The standard InChI is InChI=1S/C24H27NO7S/c1-30-15-7-8-16-14(11-21(26)32-20(16)12-15)13-31-24(29)19(9-10-33-2)25-22(27)17-5-3-4-6-18(17)23(25)28/h7-8,11-12,17-19H,3-6,9-10,13H2,1-2H3/t17-,18-,19+/m1/s1. The maximum Gasteiger partial charge on any atom is 0.336 e. The quantitative estimate of drug-likeness (QED) is 0.327. The summed E-state index contributed by atoms with van der Waals surface area (Å²) >= 11 is 1.53. The lowest BCUT2D eigenvalue weighted by atomic mass is 9.81. The van der Waals surface area contributed by atoms with Crippen molar-refractivity contribution in [2.75, 3.05) is 19.1 Å². The van der Waals surface area contributed by atoms with Gasteiger partial charge >= 0.3 is 11.6 Å². The summed E-state index contributed by atoms with van der Waals surface area (Å²) in [4.78, 5) is 52.4. The van der Waals surface area contributed by atoms with Gasteiger partial charge in [-0.25, -0.2) is 9.59 Å². The number of amides is 2. The molecule has 33 heavy (non-hydrogen) atoms. The van der Waals surface area contributed by atoms with Crippen LogP contribution in [-0.2, 0) is 25.7 Å². The molecule has 3 atom stereocenters. The number of benzene rings is 1. The molecule has 1 aliphatic heterocycles. The number of hydrogen-bond acceptors (Lipinski definition) is 8. The van der Waals surface area contributed by atoms with Gasteiger partial charge < -0.3 is 13.9 Å². The normalized spacial score (nSPS) is 21.2. The molecule has 1 aromatic carbocycles. The third-order valence-corrected chi connectivity index (χ3v) is 7.11. The highest BCUT2D eigenvalue weighted by molar-refractivity contribution is 7.98. The molecule has 2 aliphatic rings. The second kappa shape index (κ2) is 9.99. The minimum atomic E-state index is -0.963. The lowest BCUT2D eigenvalue weighted by Gasteiger charge is -2.25. The third-order valence-electron chi connectivity index (χ3n) is 6.46. The summed E-state index contributed by atoms with van der Waals surface area (Å²) in [5.41, 5.74) is 0.226. The number of carbonyl (C=O) groups is 3.